The molecule has 208 valence electrons. The second-order valence-corrected chi connectivity index (χ2v) is 10.3. The van der Waals surface area contributed by atoms with E-state index in [2.05, 4.69) is 38.2 Å². The molecular weight excluding hydrogens is 536 g/mol. The lowest BCUT2D eigenvalue weighted by Crippen LogP contribution is -2.31. The Balaban J connectivity index is 0.000000184. The predicted molar refractivity (Wildman–Crippen MR) is 145 cm³/mol. The van der Waals surface area contributed by atoms with Crippen LogP contribution in [-0.2, 0) is 9.47 Å². The lowest BCUT2D eigenvalue weighted by molar-refractivity contribution is -0.0615. The Morgan fingerprint density at radius 1 is 1.39 bits per heavy atom. The van der Waals surface area contributed by atoms with Crippen molar-refractivity contribution in [2.24, 2.45) is 0 Å². The standard InChI is InChI=1S/C13H13ClN4O2.C6H12O3.C5H8N2OS/c1-2-13(7-19)5-3-9(20-13)18-6-4-8-10(15)16-12(14)17-11(8)18;1-2-3-4-5-9-6(7)8;8-5-6-3-1-9-2-4(3)7-5/h1,4,6,9,19H,3,5,7H2,(H2,15,16,17);2-5H2,1H3,(H,7,8);3-4H,1-2H2,(H2,6,7,8)/t9-,13+;;3-,4?/m1.0/s1. The van der Waals surface area contributed by atoms with Gasteiger partial charge in [-0.3, -0.25) is 0 Å². The average Bonchev–Trinajstić information content (AvgIpc) is 3.66. The molecule has 0 aromatic carbocycles. The number of carbonyl (C=O) groups excluding carboxylic acids is 1. The lowest BCUT2D eigenvalue weighted by Gasteiger charge is -2.21. The molecule has 0 spiro atoms. The number of nitrogens with one attached hydrogen (secondary N) is 2. The summed E-state index contributed by atoms with van der Waals surface area (Å²) in [6.45, 7) is 2.18. The number of halogens is 1. The van der Waals surface area contributed by atoms with Gasteiger partial charge in [-0.25, -0.2) is 14.6 Å². The maximum absolute atomic E-state index is 10.6. The number of rotatable bonds is 6. The summed E-state index contributed by atoms with van der Waals surface area (Å²) in [5.41, 5.74) is 5.48. The molecule has 5 rings (SSSR count). The fourth-order valence-electron chi connectivity index (χ4n) is 4.19. The van der Waals surface area contributed by atoms with Gasteiger partial charge in [0.1, 0.15) is 17.7 Å². The van der Waals surface area contributed by atoms with Gasteiger partial charge in [-0.1, -0.05) is 25.7 Å². The molecule has 3 saturated heterocycles. The van der Waals surface area contributed by atoms with Crippen LogP contribution in [0.2, 0.25) is 5.28 Å². The molecule has 2 aromatic rings. The van der Waals surface area contributed by atoms with E-state index in [1.54, 1.807) is 12.3 Å². The largest absolute Gasteiger partial charge is 0.505 e. The number of urea groups is 1. The van der Waals surface area contributed by atoms with E-state index >= 15 is 0 Å². The number of nitrogens with zero attached hydrogens (tertiary/aromatic N) is 3. The summed E-state index contributed by atoms with van der Waals surface area (Å²) in [4.78, 5) is 28.5. The number of aromatic nitrogens is 3. The quantitative estimate of drug-likeness (QED) is 0.114. The Labute approximate surface area is 230 Å². The number of fused-ring (bicyclic) bond motifs is 2. The third kappa shape index (κ3) is 7.57. The van der Waals surface area contributed by atoms with Gasteiger partial charge in [-0.15, -0.1) is 6.42 Å². The molecule has 0 saturated carbocycles. The molecule has 0 radical (unpaired) electrons. The summed E-state index contributed by atoms with van der Waals surface area (Å²) in [6.07, 6.45) is 9.99. The highest BCUT2D eigenvalue weighted by Gasteiger charge is 2.39. The predicted octanol–water partition coefficient (Wildman–Crippen LogP) is 2.99. The van der Waals surface area contributed by atoms with E-state index in [0.717, 1.165) is 30.8 Å². The van der Waals surface area contributed by atoms with Crippen molar-refractivity contribution in [3.05, 3.63) is 17.5 Å². The molecular formula is C24H33ClN6O6S. The van der Waals surface area contributed by atoms with Crippen LogP contribution in [-0.4, -0.2) is 79.3 Å². The van der Waals surface area contributed by atoms with Crippen molar-refractivity contribution < 1.29 is 29.3 Å². The molecule has 1 unspecified atom stereocenters. The maximum Gasteiger partial charge on any atom is 0.505 e. The topological polar surface area (TPSA) is 174 Å². The molecule has 3 aliphatic rings. The number of anilines is 1. The summed E-state index contributed by atoms with van der Waals surface area (Å²) in [5.74, 6) is 4.99. The first-order valence-electron chi connectivity index (χ1n) is 12.3. The summed E-state index contributed by atoms with van der Waals surface area (Å²) in [5, 5.41) is 23.9. The van der Waals surface area contributed by atoms with Crippen LogP contribution in [0.25, 0.3) is 11.0 Å². The average molecular weight is 569 g/mol. The number of nitrogens with two attached hydrogens (primary N) is 1. The van der Waals surface area contributed by atoms with Gasteiger partial charge in [-0.2, -0.15) is 16.7 Å². The first-order valence-corrected chi connectivity index (χ1v) is 13.8. The smallest absolute Gasteiger partial charge is 0.450 e. The normalized spacial score (nSPS) is 25.2. The van der Waals surface area contributed by atoms with Crippen molar-refractivity contribution in [2.75, 3.05) is 30.5 Å². The van der Waals surface area contributed by atoms with E-state index in [4.69, 9.17) is 33.6 Å². The molecule has 3 aliphatic heterocycles. The molecule has 5 heterocycles. The van der Waals surface area contributed by atoms with Gasteiger partial charge < -0.3 is 40.6 Å². The third-order valence-corrected chi connectivity index (χ3v) is 7.61. The van der Waals surface area contributed by atoms with Gasteiger partial charge in [0.15, 0.2) is 5.60 Å². The van der Waals surface area contributed by atoms with Crippen molar-refractivity contribution >= 4 is 52.4 Å². The van der Waals surface area contributed by atoms with E-state index in [0.29, 0.717) is 48.4 Å². The number of hydrogen-bond donors (Lipinski definition) is 5. The van der Waals surface area contributed by atoms with Crippen LogP contribution in [0.5, 0.6) is 0 Å². The highest BCUT2D eigenvalue weighted by molar-refractivity contribution is 7.99. The van der Waals surface area contributed by atoms with Gasteiger partial charge in [0.05, 0.1) is 30.7 Å². The number of amides is 2. The van der Waals surface area contributed by atoms with Crippen molar-refractivity contribution in [1.82, 2.24) is 25.2 Å². The van der Waals surface area contributed by atoms with E-state index < -0.39 is 11.8 Å². The zero-order valence-corrected chi connectivity index (χ0v) is 22.6. The Morgan fingerprint density at radius 3 is 2.68 bits per heavy atom. The number of terminal acetylenes is 1. The highest BCUT2D eigenvalue weighted by Crippen LogP contribution is 2.38. The monoisotopic (exact) mass is 568 g/mol. The number of carbonyl (C=O) groups is 2. The van der Waals surface area contributed by atoms with Gasteiger partial charge in [-0.05, 0) is 36.9 Å². The third-order valence-electron chi connectivity index (χ3n) is 6.25. The van der Waals surface area contributed by atoms with Crippen LogP contribution in [0.15, 0.2) is 12.3 Å². The minimum atomic E-state index is -1.17. The van der Waals surface area contributed by atoms with Crippen LogP contribution in [0, 0.1) is 12.3 Å². The molecule has 2 amide bonds. The SMILES string of the molecule is C#C[C@@]1(CO)CC[C@H](n2ccc3c(N)nc(Cl)nc32)O1.CCCCCOC(=O)O.O=C1NC2CSC[C@@H]2N1. The Kier molecular flexibility index (Phi) is 10.7. The number of aliphatic hydroxyl groups is 1. The molecule has 6 N–H and O–H groups in total. The maximum atomic E-state index is 10.6. The van der Waals surface area contributed by atoms with Crippen LogP contribution in [0.3, 0.4) is 0 Å². The van der Waals surface area contributed by atoms with E-state index in [-0.39, 0.29) is 24.1 Å². The van der Waals surface area contributed by atoms with Crippen molar-refractivity contribution in [3.8, 4) is 12.3 Å². The van der Waals surface area contributed by atoms with E-state index in [1.165, 1.54) is 0 Å². The van der Waals surface area contributed by atoms with Gasteiger partial charge in [0.25, 0.3) is 0 Å². The number of unbranched alkanes of at least 4 members (excludes halogenated alkanes) is 2. The van der Waals surface area contributed by atoms with E-state index in [9.17, 15) is 14.7 Å². The Morgan fingerprint density at radius 2 is 2.11 bits per heavy atom. The molecule has 3 fully saturated rings. The number of carboxylic acid groups (broad SMARTS) is 1. The molecule has 4 atom stereocenters. The van der Waals surface area contributed by atoms with Crippen LogP contribution in [0.1, 0.15) is 45.3 Å². The highest BCUT2D eigenvalue weighted by atomic mass is 35.5. The first-order chi connectivity index (χ1) is 18.2. The Hall–Kier alpha value is -2.92. The molecule has 0 bridgehead atoms. The van der Waals surface area contributed by atoms with Gasteiger partial charge in [0, 0.05) is 17.7 Å². The lowest BCUT2D eigenvalue weighted by atomic mass is 10.0. The minimum Gasteiger partial charge on any atom is -0.450 e. The number of aliphatic hydroxyl groups excluding tert-OH is 1. The number of nitrogen functional groups attached to an aromatic ring is 1. The summed E-state index contributed by atoms with van der Waals surface area (Å²) >= 11 is 7.73. The molecule has 12 nitrogen and oxygen atoms in total. The second kappa shape index (κ2) is 13.7. The number of thioether (sulfide) groups is 1. The summed E-state index contributed by atoms with van der Waals surface area (Å²) < 4.78 is 11.9. The second-order valence-electron chi connectivity index (χ2n) is 8.94. The van der Waals surface area contributed by atoms with Gasteiger partial charge in [0.2, 0.25) is 5.28 Å². The van der Waals surface area contributed by atoms with Crippen LogP contribution >= 0.6 is 23.4 Å². The molecule has 0 aliphatic carbocycles. The van der Waals surface area contributed by atoms with Crippen molar-refractivity contribution in [2.45, 2.75) is 62.9 Å². The molecule has 38 heavy (non-hydrogen) atoms. The molecule has 2 aromatic heterocycles. The van der Waals surface area contributed by atoms with Crippen LogP contribution in [0.4, 0.5) is 15.4 Å². The number of ether oxygens (including phenoxy) is 2. The van der Waals surface area contributed by atoms with E-state index in [1.807, 2.05) is 16.3 Å². The Bertz CT molecular complexity index is 1150. The fraction of sp³-hybridized carbons (Fsp3) is 0.583. The fourth-order valence-corrected chi connectivity index (χ4v) is 5.64. The van der Waals surface area contributed by atoms with Gasteiger partial charge >= 0.3 is 12.2 Å². The number of hydrogen-bond acceptors (Lipinski definition) is 9. The van der Waals surface area contributed by atoms with Crippen molar-refractivity contribution in [1.29, 1.82) is 0 Å². The summed E-state index contributed by atoms with van der Waals surface area (Å²) in [6, 6.07) is 2.62. The summed E-state index contributed by atoms with van der Waals surface area (Å²) in [7, 11) is 0. The van der Waals surface area contributed by atoms with Crippen LogP contribution < -0.4 is 16.4 Å². The van der Waals surface area contributed by atoms with Crippen molar-refractivity contribution in [3.63, 3.8) is 0 Å². The zero-order chi connectivity index (χ0) is 27.7. The zero-order valence-electron chi connectivity index (χ0n) is 21.1. The minimum absolute atomic E-state index is 0.00491. The molecule has 14 heteroatoms. The first kappa shape index (κ1) is 29.6.